The van der Waals surface area contributed by atoms with Gasteiger partial charge >= 0.3 is 0 Å². The van der Waals surface area contributed by atoms with Crippen LogP contribution < -0.4 is 10.1 Å². The van der Waals surface area contributed by atoms with Crippen molar-refractivity contribution in [2.45, 2.75) is 52.5 Å². The number of hydrogen-bond acceptors (Lipinski definition) is 3. The molecule has 4 nitrogen and oxygen atoms in total. The van der Waals surface area contributed by atoms with Crippen molar-refractivity contribution in [2.75, 3.05) is 20.2 Å². The lowest BCUT2D eigenvalue weighted by atomic mass is 9.73. The van der Waals surface area contributed by atoms with Gasteiger partial charge in [0.1, 0.15) is 0 Å². The molecule has 20 heavy (non-hydrogen) atoms. The van der Waals surface area contributed by atoms with Crippen LogP contribution in [0.1, 0.15) is 51.6 Å². The van der Waals surface area contributed by atoms with Crippen LogP contribution >= 0.6 is 0 Å². The highest BCUT2D eigenvalue weighted by Crippen LogP contribution is 2.43. The van der Waals surface area contributed by atoms with Crippen molar-refractivity contribution in [2.24, 2.45) is 11.8 Å². The first-order valence-corrected chi connectivity index (χ1v) is 8.01. The maximum atomic E-state index is 5.57. The number of hydrogen-bond donors (Lipinski definition) is 1. The third-order valence-corrected chi connectivity index (χ3v) is 4.63. The number of ether oxygens (including phenoxy) is 1. The monoisotopic (exact) mass is 279 g/mol. The second kappa shape index (κ2) is 7.11. The van der Waals surface area contributed by atoms with Crippen LogP contribution in [0.4, 0.5) is 0 Å². The molecule has 0 amide bonds. The summed E-state index contributed by atoms with van der Waals surface area (Å²) in [6.45, 7) is 9.76. The second-order valence-corrected chi connectivity index (χ2v) is 6.01. The summed E-state index contributed by atoms with van der Waals surface area (Å²) in [6.07, 6.45) is 5.77. The van der Waals surface area contributed by atoms with Crippen LogP contribution in [0, 0.1) is 11.8 Å². The average molecular weight is 279 g/mol. The van der Waals surface area contributed by atoms with Crippen molar-refractivity contribution in [3.63, 3.8) is 0 Å². The summed E-state index contributed by atoms with van der Waals surface area (Å²) in [7, 11) is 1.76. The molecule has 0 radical (unpaired) electrons. The van der Waals surface area contributed by atoms with Gasteiger partial charge in [-0.25, -0.2) is 0 Å². The minimum absolute atomic E-state index is 0.565. The Morgan fingerprint density at radius 1 is 1.40 bits per heavy atom. The van der Waals surface area contributed by atoms with Crippen molar-refractivity contribution in [1.29, 1.82) is 0 Å². The molecule has 0 spiro atoms. The third kappa shape index (κ3) is 3.17. The number of nitrogens with zero attached hydrogens (tertiary/aromatic N) is 2. The Morgan fingerprint density at radius 3 is 2.85 bits per heavy atom. The lowest BCUT2D eigenvalue weighted by Gasteiger charge is -2.35. The largest absolute Gasteiger partial charge is 0.493 e. The second-order valence-electron chi connectivity index (χ2n) is 6.01. The molecular weight excluding hydrogens is 250 g/mol. The number of nitrogens with one attached hydrogen (secondary N) is 1. The van der Waals surface area contributed by atoms with E-state index in [-0.39, 0.29) is 0 Å². The standard InChI is InChI=1S/C16H29N3O/c1-5-17-10-13-8-7-12(3)9-14(13)16-15(20-4)11-18-19(16)6-2/h11-14,17H,5-10H2,1-4H3. The molecule has 1 fully saturated rings. The number of aryl methyl sites for hydroxylation is 1. The summed E-state index contributed by atoms with van der Waals surface area (Å²) in [5.41, 5.74) is 1.31. The zero-order valence-corrected chi connectivity index (χ0v) is 13.4. The van der Waals surface area contributed by atoms with Crippen LogP contribution in [0.5, 0.6) is 5.75 Å². The fourth-order valence-corrected chi connectivity index (χ4v) is 3.51. The molecule has 0 aliphatic heterocycles. The molecule has 4 heteroatoms. The quantitative estimate of drug-likeness (QED) is 0.870. The van der Waals surface area contributed by atoms with Gasteiger partial charge in [0.15, 0.2) is 5.75 Å². The number of methoxy groups -OCH3 is 1. The molecule has 114 valence electrons. The summed E-state index contributed by atoms with van der Waals surface area (Å²) in [5.74, 6) is 3.02. The number of aromatic nitrogens is 2. The first kappa shape index (κ1) is 15.4. The Bertz CT molecular complexity index is 392. The van der Waals surface area contributed by atoms with E-state index < -0.39 is 0 Å². The average Bonchev–Trinajstić information content (AvgIpc) is 2.88. The van der Waals surface area contributed by atoms with E-state index >= 15 is 0 Å². The van der Waals surface area contributed by atoms with E-state index in [0.29, 0.717) is 11.8 Å². The highest BCUT2D eigenvalue weighted by Gasteiger charge is 2.33. The van der Waals surface area contributed by atoms with Gasteiger partial charge in [0.05, 0.1) is 19.0 Å². The van der Waals surface area contributed by atoms with Crippen LogP contribution in [-0.2, 0) is 6.54 Å². The van der Waals surface area contributed by atoms with Crippen LogP contribution in [0.2, 0.25) is 0 Å². The minimum Gasteiger partial charge on any atom is -0.493 e. The Kier molecular flexibility index (Phi) is 5.46. The van der Waals surface area contributed by atoms with E-state index in [1.165, 1.54) is 25.0 Å². The Labute approximate surface area is 122 Å². The van der Waals surface area contributed by atoms with Gasteiger partial charge in [-0.2, -0.15) is 5.10 Å². The van der Waals surface area contributed by atoms with Crippen LogP contribution in [0.25, 0.3) is 0 Å². The van der Waals surface area contributed by atoms with Crippen LogP contribution in [0.3, 0.4) is 0 Å². The van der Waals surface area contributed by atoms with Gasteiger partial charge < -0.3 is 10.1 Å². The fraction of sp³-hybridized carbons (Fsp3) is 0.812. The maximum absolute atomic E-state index is 5.57. The number of rotatable bonds is 6. The first-order chi connectivity index (χ1) is 9.71. The lowest BCUT2D eigenvalue weighted by Crippen LogP contribution is -2.32. The van der Waals surface area contributed by atoms with E-state index in [1.54, 1.807) is 7.11 Å². The zero-order valence-electron chi connectivity index (χ0n) is 13.4. The predicted octanol–water partition coefficient (Wildman–Crippen LogP) is 3.04. The van der Waals surface area contributed by atoms with Gasteiger partial charge in [-0.15, -0.1) is 0 Å². The molecule has 1 saturated carbocycles. The summed E-state index contributed by atoms with van der Waals surface area (Å²) >= 11 is 0. The molecule has 2 rings (SSSR count). The van der Waals surface area contributed by atoms with Gasteiger partial charge in [0.2, 0.25) is 0 Å². The Hall–Kier alpha value is -1.03. The van der Waals surface area contributed by atoms with Crippen molar-refractivity contribution < 1.29 is 4.74 Å². The van der Waals surface area contributed by atoms with E-state index in [9.17, 15) is 0 Å². The molecule has 3 unspecified atom stereocenters. The van der Waals surface area contributed by atoms with Crippen molar-refractivity contribution in [1.82, 2.24) is 15.1 Å². The smallest absolute Gasteiger partial charge is 0.160 e. The molecule has 0 bridgehead atoms. The van der Waals surface area contributed by atoms with Gasteiger partial charge in [-0.3, -0.25) is 4.68 Å². The SMILES string of the molecule is CCNCC1CCC(C)CC1c1c(OC)cnn1CC. The van der Waals surface area contributed by atoms with E-state index in [1.807, 2.05) is 6.20 Å². The zero-order chi connectivity index (χ0) is 14.5. The minimum atomic E-state index is 0.565. The predicted molar refractivity (Wildman–Crippen MR) is 82.2 cm³/mol. The molecular formula is C16H29N3O. The van der Waals surface area contributed by atoms with Crippen LogP contribution in [0.15, 0.2) is 6.20 Å². The molecule has 1 aromatic heterocycles. The highest BCUT2D eigenvalue weighted by molar-refractivity contribution is 5.30. The van der Waals surface area contributed by atoms with E-state index in [0.717, 1.165) is 31.3 Å². The third-order valence-electron chi connectivity index (χ3n) is 4.63. The van der Waals surface area contributed by atoms with Gasteiger partial charge in [0, 0.05) is 12.5 Å². The topological polar surface area (TPSA) is 39.1 Å². The molecule has 0 aromatic carbocycles. The molecule has 0 saturated heterocycles. The van der Waals surface area contributed by atoms with Gasteiger partial charge in [-0.05, 0) is 44.7 Å². The molecule has 1 heterocycles. The van der Waals surface area contributed by atoms with E-state index in [4.69, 9.17) is 4.74 Å². The summed E-state index contributed by atoms with van der Waals surface area (Å²) in [5, 5.41) is 8.02. The lowest BCUT2D eigenvalue weighted by molar-refractivity contribution is 0.229. The maximum Gasteiger partial charge on any atom is 0.160 e. The summed E-state index contributed by atoms with van der Waals surface area (Å²) in [4.78, 5) is 0. The first-order valence-electron chi connectivity index (χ1n) is 8.01. The van der Waals surface area contributed by atoms with Crippen molar-refractivity contribution in [3.05, 3.63) is 11.9 Å². The summed E-state index contributed by atoms with van der Waals surface area (Å²) < 4.78 is 7.69. The fourth-order valence-electron chi connectivity index (χ4n) is 3.51. The van der Waals surface area contributed by atoms with Gasteiger partial charge in [0.25, 0.3) is 0 Å². The van der Waals surface area contributed by atoms with Gasteiger partial charge in [-0.1, -0.05) is 20.3 Å². The normalized spacial score (nSPS) is 26.7. The molecule has 3 atom stereocenters. The Balaban J connectivity index is 2.27. The highest BCUT2D eigenvalue weighted by atomic mass is 16.5. The molecule has 1 aliphatic carbocycles. The Morgan fingerprint density at radius 2 is 2.20 bits per heavy atom. The van der Waals surface area contributed by atoms with Crippen LogP contribution in [-0.4, -0.2) is 30.0 Å². The van der Waals surface area contributed by atoms with Crippen molar-refractivity contribution in [3.8, 4) is 5.75 Å². The molecule has 1 N–H and O–H groups in total. The molecule has 1 aliphatic rings. The van der Waals surface area contributed by atoms with Crippen molar-refractivity contribution >= 4 is 0 Å². The summed E-state index contributed by atoms with van der Waals surface area (Å²) in [6, 6.07) is 0. The molecule has 1 aromatic rings. The van der Waals surface area contributed by atoms with E-state index in [2.05, 4.69) is 35.9 Å².